The molecule has 0 aliphatic carbocycles. The fourth-order valence-corrected chi connectivity index (χ4v) is 3.41. The van der Waals surface area contributed by atoms with Gasteiger partial charge < -0.3 is 14.6 Å². The van der Waals surface area contributed by atoms with Crippen LogP contribution < -0.4 is 9.47 Å². The first kappa shape index (κ1) is 16.8. The van der Waals surface area contributed by atoms with Gasteiger partial charge in [0.2, 0.25) is 0 Å². The average Bonchev–Trinajstić information content (AvgIpc) is 2.71. The number of carboxylic acids is 1. The Morgan fingerprint density at radius 1 is 0.926 bits per heavy atom. The molecule has 5 heteroatoms. The van der Waals surface area contributed by atoms with Crippen molar-refractivity contribution in [1.82, 2.24) is 4.98 Å². The van der Waals surface area contributed by atoms with Gasteiger partial charge >= 0.3 is 5.97 Å². The van der Waals surface area contributed by atoms with Crippen molar-refractivity contribution in [2.75, 3.05) is 14.2 Å². The Morgan fingerprint density at radius 3 is 2.37 bits per heavy atom. The second-order valence-corrected chi connectivity index (χ2v) is 6.08. The average molecular weight is 359 g/mol. The highest BCUT2D eigenvalue weighted by molar-refractivity contribution is 6.18. The van der Waals surface area contributed by atoms with Crippen molar-refractivity contribution in [1.29, 1.82) is 0 Å². The first-order valence-corrected chi connectivity index (χ1v) is 8.41. The van der Waals surface area contributed by atoms with Crippen molar-refractivity contribution in [2.45, 2.75) is 0 Å². The van der Waals surface area contributed by atoms with E-state index in [4.69, 9.17) is 14.5 Å². The van der Waals surface area contributed by atoms with E-state index in [1.165, 1.54) is 0 Å². The summed E-state index contributed by atoms with van der Waals surface area (Å²) in [4.78, 5) is 17.0. The zero-order valence-electron chi connectivity index (χ0n) is 14.9. The van der Waals surface area contributed by atoms with Gasteiger partial charge in [-0.3, -0.25) is 0 Å². The lowest BCUT2D eigenvalue weighted by atomic mass is 9.93. The number of aromatic nitrogens is 1. The van der Waals surface area contributed by atoms with Crippen LogP contribution in [0.15, 0.2) is 60.7 Å². The zero-order chi connectivity index (χ0) is 19.0. The molecule has 0 spiro atoms. The number of rotatable bonds is 4. The molecule has 134 valence electrons. The molecule has 0 unspecified atom stereocenters. The van der Waals surface area contributed by atoms with Crippen LogP contribution in [0.1, 0.15) is 10.4 Å². The van der Waals surface area contributed by atoms with E-state index in [0.717, 1.165) is 11.1 Å². The van der Waals surface area contributed by atoms with Gasteiger partial charge in [-0.1, -0.05) is 30.3 Å². The summed E-state index contributed by atoms with van der Waals surface area (Å²) in [5, 5.41) is 11.2. The van der Waals surface area contributed by atoms with E-state index in [9.17, 15) is 9.90 Å². The minimum Gasteiger partial charge on any atom is -0.497 e. The third-order valence-electron chi connectivity index (χ3n) is 4.61. The summed E-state index contributed by atoms with van der Waals surface area (Å²) in [5.41, 5.74) is 2.96. The van der Waals surface area contributed by atoms with Crippen molar-refractivity contribution >= 4 is 27.8 Å². The second kappa shape index (κ2) is 6.61. The Morgan fingerprint density at radius 2 is 1.70 bits per heavy atom. The number of aromatic carboxylic acids is 1. The summed E-state index contributed by atoms with van der Waals surface area (Å²) in [7, 11) is 3.14. The number of carboxylic acid groups (broad SMARTS) is 1. The van der Waals surface area contributed by atoms with Crippen molar-refractivity contribution in [3.8, 4) is 22.6 Å². The molecule has 0 saturated heterocycles. The van der Waals surface area contributed by atoms with Gasteiger partial charge in [0.15, 0.2) is 0 Å². The van der Waals surface area contributed by atoms with Crippen LogP contribution in [-0.4, -0.2) is 30.3 Å². The molecule has 4 aromatic rings. The lowest BCUT2D eigenvalue weighted by Gasteiger charge is -2.16. The lowest BCUT2D eigenvalue weighted by Crippen LogP contribution is -2.03. The van der Waals surface area contributed by atoms with E-state index in [0.29, 0.717) is 33.3 Å². The number of carbonyl (C=O) groups is 1. The lowest BCUT2D eigenvalue weighted by molar-refractivity contribution is 0.0701. The molecule has 1 heterocycles. The summed E-state index contributed by atoms with van der Waals surface area (Å²) in [6.07, 6.45) is 0. The molecule has 0 bridgehead atoms. The SMILES string of the molecule is COc1ccc2c(C(=O)O)c3c(-c4ccccc4)c(OC)ccc3nc2c1. The molecule has 3 aromatic carbocycles. The van der Waals surface area contributed by atoms with Crippen LogP contribution in [0.5, 0.6) is 11.5 Å². The third kappa shape index (κ3) is 2.73. The van der Waals surface area contributed by atoms with E-state index in [-0.39, 0.29) is 5.56 Å². The van der Waals surface area contributed by atoms with Crippen molar-refractivity contribution < 1.29 is 19.4 Å². The summed E-state index contributed by atoms with van der Waals surface area (Å²) in [6.45, 7) is 0. The zero-order valence-corrected chi connectivity index (χ0v) is 14.9. The monoisotopic (exact) mass is 359 g/mol. The molecule has 0 fully saturated rings. The Hall–Kier alpha value is -3.60. The van der Waals surface area contributed by atoms with Gasteiger partial charge in [0.25, 0.3) is 0 Å². The minimum atomic E-state index is -1.01. The standard InChI is InChI=1S/C22H17NO4/c1-26-14-8-9-15-17(12-14)23-16-10-11-18(27-2)19(13-6-4-3-5-7-13)21(16)20(15)22(24)25/h3-12H,1-2H3,(H,24,25). The van der Waals surface area contributed by atoms with Crippen LogP contribution in [0.3, 0.4) is 0 Å². The van der Waals surface area contributed by atoms with E-state index in [1.54, 1.807) is 38.5 Å². The molecule has 1 aromatic heterocycles. The summed E-state index contributed by atoms with van der Waals surface area (Å²) in [5.74, 6) is 0.219. The smallest absolute Gasteiger partial charge is 0.337 e. The maximum Gasteiger partial charge on any atom is 0.337 e. The molecule has 27 heavy (non-hydrogen) atoms. The number of nitrogens with zero attached hydrogens (tertiary/aromatic N) is 1. The van der Waals surface area contributed by atoms with E-state index >= 15 is 0 Å². The van der Waals surface area contributed by atoms with E-state index in [2.05, 4.69) is 0 Å². The maximum absolute atomic E-state index is 12.3. The number of hydrogen-bond donors (Lipinski definition) is 1. The highest BCUT2D eigenvalue weighted by Gasteiger charge is 2.21. The predicted octanol–water partition coefficient (Wildman–Crippen LogP) is 4.77. The van der Waals surface area contributed by atoms with Crippen molar-refractivity contribution in [2.24, 2.45) is 0 Å². The second-order valence-electron chi connectivity index (χ2n) is 6.08. The van der Waals surface area contributed by atoms with Gasteiger partial charge in [-0.2, -0.15) is 0 Å². The van der Waals surface area contributed by atoms with Crippen LogP contribution in [0.4, 0.5) is 0 Å². The van der Waals surface area contributed by atoms with Crippen LogP contribution >= 0.6 is 0 Å². The van der Waals surface area contributed by atoms with E-state index in [1.807, 2.05) is 36.4 Å². The largest absolute Gasteiger partial charge is 0.497 e. The number of pyridine rings is 1. The van der Waals surface area contributed by atoms with Crippen molar-refractivity contribution in [3.05, 3.63) is 66.2 Å². The number of hydrogen-bond acceptors (Lipinski definition) is 4. The van der Waals surface area contributed by atoms with Gasteiger partial charge in [-0.05, 0) is 29.8 Å². The fraction of sp³-hybridized carbons (Fsp3) is 0.0909. The highest BCUT2D eigenvalue weighted by atomic mass is 16.5. The molecule has 1 N–H and O–H groups in total. The molecule has 0 aliphatic rings. The Kier molecular flexibility index (Phi) is 4.12. The van der Waals surface area contributed by atoms with Gasteiger partial charge in [0, 0.05) is 22.4 Å². The molecule has 0 atom stereocenters. The molecule has 0 radical (unpaired) electrons. The summed E-state index contributed by atoms with van der Waals surface area (Å²) >= 11 is 0. The van der Waals surface area contributed by atoms with Gasteiger partial charge in [-0.15, -0.1) is 0 Å². The van der Waals surface area contributed by atoms with E-state index < -0.39 is 5.97 Å². The van der Waals surface area contributed by atoms with Gasteiger partial charge in [0.1, 0.15) is 11.5 Å². The molecule has 0 amide bonds. The number of ether oxygens (including phenoxy) is 2. The third-order valence-corrected chi connectivity index (χ3v) is 4.61. The fourth-order valence-electron chi connectivity index (χ4n) is 3.41. The first-order valence-electron chi connectivity index (χ1n) is 8.41. The topological polar surface area (TPSA) is 68.7 Å². The number of benzene rings is 3. The summed E-state index contributed by atoms with van der Waals surface area (Å²) in [6, 6.07) is 18.4. The van der Waals surface area contributed by atoms with Crippen LogP contribution in [0.2, 0.25) is 0 Å². The molecule has 0 aliphatic heterocycles. The summed E-state index contributed by atoms with van der Waals surface area (Å²) < 4.78 is 10.8. The van der Waals surface area contributed by atoms with Crippen LogP contribution in [-0.2, 0) is 0 Å². The molecular formula is C22H17NO4. The van der Waals surface area contributed by atoms with Crippen molar-refractivity contribution in [3.63, 3.8) is 0 Å². The van der Waals surface area contributed by atoms with Crippen LogP contribution in [0.25, 0.3) is 32.9 Å². The molecule has 0 saturated carbocycles. The molecular weight excluding hydrogens is 342 g/mol. The molecule has 4 rings (SSSR count). The Labute approximate surface area is 155 Å². The Bertz CT molecular complexity index is 1170. The van der Waals surface area contributed by atoms with Gasteiger partial charge in [-0.25, -0.2) is 9.78 Å². The quantitative estimate of drug-likeness (QED) is 0.532. The molecule has 5 nitrogen and oxygen atoms in total. The first-order chi connectivity index (χ1) is 13.1. The minimum absolute atomic E-state index is 0.204. The highest BCUT2D eigenvalue weighted by Crippen LogP contribution is 2.40. The number of methoxy groups -OCH3 is 2. The number of fused-ring (bicyclic) bond motifs is 2. The van der Waals surface area contributed by atoms with Crippen LogP contribution in [0, 0.1) is 0 Å². The normalized spacial score (nSPS) is 10.9. The Balaban J connectivity index is 2.22. The maximum atomic E-state index is 12.3. The van der Waals surface area contributed by atoms with Gasteiger partial charge in [0.05, 0.1) is 30.8 Å². The predicted molar refractivity (Wildman–Crippen MR) is 105 cm³/mol.